The van der Waals surface area contributed by atoms with E-state index in [0.29, 0.717) is 11.4 Å². The molecule has 0 bridgehead atoms. The number of carbonyl (C=O) groups is 1. The van der Waals surface area contributed by atoms with Gasteiger partial charge in [0, 0.05) is 5.02 Å². The van der Waals surface area contributed by atoms with E-state index in [4.69, 9.17) is 11.6 Å². The van der Waals surface area contributed by atoms with Crippen LogP contribution in [0, 0.1) is 0 Å². The number of aryl methyl sites for hydroxylation is 1. The molecule has 0 aliphatic rings. The van der Waals surface area contributed by atoms with E-state index >= 15 is 0 Å². The molecule has 0 spiro atoms. The number of halogens is 1. The maximum atomic E-state index is 12.1. The third-order valence-electron chi connectivity index (χ3n) is 3.54. The van der Waals surface area contributed by atoms with E-state index in [1.165, 1.54) is 5.56 Å². The van der Waals surface area contributed by atoms with Crippen molar-refractivity contribution in [2.75, 3.05) is 0 Å². The summed E-state index contributed by atoms with van der Waals surface area (Å²) in [5.74, 6) is 0.0180. The highest BCUT2D eigenvalue weighted by atomic mass is 35.5. The third-order valence-corrected chi connectivity index (χ3v) is 3.80. The Balaban J connectivity index is 1.93. The van der Waals surface area contributed by atoms with Gasteiger partial charge in [-0.05, 0) is 42.2 Å². The van der Waals surface area contributed by atoms with Gasteiger partial charge in [0.2, 0.25) is 5.91 Å². The lowest BCUT2D eigenvalue weighted by Crippen LogP contribution is -2.28. The monoisotopic (exact) mass is 301 g/mol. The number of hydrogen-bond donors (Lipinski definition) is 1. The summed E-state index contributed by atoms with van der Waals surface area (Å²) in [5.41, 5.74) is 3.39. The molecular formula is C18H20ClNO. The van der Waals surface area contributed by atoms with E-state index in [9.17, 15) is 4.79 Å². The van der Waals surface area contributed by atoms with Crippen LogP contribution in [0.1, 0.15) is 36.6 Å². The minimum atomic E-state index is 0.00991. The van der Waals surface area contributed by atoms with Gasteiger partial charge in [0.25, 0.3) is 0 Å². The smallest absolute Gasteiger partial charge is 0.224 e. The summed E-state index contributed by atoms with van der Waals surface area (Å²) < 4.78 is 0. The van der Waals surface area contributed by atoms with Gasteiger partial charge >= 0.3 is 0 Å². The quantitative estimate of drug-likeness (QED) is 0.875. The van der Waals surface area contributed by atoms with Crippen molar-refractivity contribution in [2.24, 2.45) is 0 Å². The molecule has 0 saturated heterocycles. The molecule has 0 unspecified atom stereocenters. The van der Waals surface area contributed by atoms with E-state index in [-0.39, 0.29) is 11.9 Å². The van der Waals surface area contributed by atoms with Crippen molar-refractivity contribution in [3.8, 4) is 0 Å². The zero-order valence-electron chi connectivity index (χ0n) is 12.4. The van der Waals surface area contributed by atoms with Crippen LogP contribution in [0.25, 0.3) is 0 Å². The fraction of sp³-hybridized carbons (Fsp3) is 0.278. The highest BCUT2D eigenvalue weighted by Gasteiger charge is 2.10. The summed E-state index contributed by atoms with van der Waals surface area (Å²) in [6.07, 6.45) is 1.39. The van der Waals surface area contributed by atoms with Gasteiger partial charge in [-0.1, -0.05) is 54.9 Å². The Morgan fingerprint density at radius 1 is 1.05 bits per heavy atom. The lowest BCUT2D eigenvalue weighted by atomic mass is 10.0. The molecule has 21 heavy (non-hydrogen) atoms. The molecule has 1 atom stereocenters. The maximum Gasteiger partial charge on any atom is 0.224 e. The van der Waals surface area contributed by atoms with Crippen molar-refractivity contribution >= 4 is 17.5 Å². The predicted octanol–water partition coefficient (Wildman–Crippen LogP) is 4.32. The molecule has 2 aromatic rings. The van der Waals surface area contributed by atoms with Crippen molar-refractivity contribution in [1.82, 2.24) is 5.32 Å². The van der Waals surface area contributed by atoms with Crippen LogP contribution in [0.4, 0.5) is 0 Å². The van der Waals surface area contributed by atoms with Crippen LogP contribution in [0.3, 0.4) is 0 Å². The minimum absolute atomic E-state index is 0.00991. The molecule has 0 saturated carbocycles. The lowest BCUT2D eigenvalue weighted by molar-refractivity contribution is -0.121. The predicted molar refractivity (Wildman–Crippen MR) is 87.5 cm³/mol. The Morgan fingerprint density at radius 3 is 2.19 bits per heavy atom. The Labute approximate surface area is 131 Å². The molecule has 2 aromatic carbocycles. The molecule has 1 amide bonds. The molecule has 0 aromatic heterocycles. The molecule has 0 aliphatic heterocycles. The third kappa shape index (κ3) is 4.61. The van der Waals surface area contributed by atoms with E-state index in [1.807, 2.05) is 19.1 Å². The summed E-state index contributed by atoms with van der Waals surface area (Å²) in [6, 6.07) is 15.7. The fourth-order valence-electron chi connectivity index (χ4n) is 2.21. The van der Waals surface area contributed by atoms with Crippen molar-refractivity contribution in [1.29, 1.82) is 0 Å². The van der Waals surface area contributed by atoms with Crippen molar-refractivity contribution < 1.29 is 4.79 Å². The maximum absolute atomic E-state index is 12.1. The van der Waals surface area contributed by atoms with Crippen LogP contribution in [-0.2, 0) is 17.6 Å². The van der Waals surface area contributed by atoms with Crippen molar-refractivity contribution in [2.45, 2.75) is 32.7 Å². The van der Waals surface area contributed by atoms with Gasteiger partial charge in [0.05, 0.1) is 12.5 Å². The topological polar surface area (TPSA) is 29.1 Å². The highest BCUT2D eigenvalue weighted by molar-refractivity contribution is 6.30. The lowest BCUT2D eigenvalue weighted by Gasteiger charge is -2.15. The van der Waals surface area contributed by atoms with Gasteiger partial charge in [0.15, 0.2) is 0 Å². The SMILES string of the molecule is CCc1ccc([C@H](C)NC(=O)Cc2ccc(Cl)cc2)cc1. The van der Waals surface area contributed by atoms with Gasteiger partial charge in [-0.3, -0.25) is 4.79 Å². The largest absolute Gasteiger partial charge is 0.349 e. The van der Waals surface area contributed by atoms with Gasteiger partial charge in [-0.25, -0.2) is 0 Å². The van der Waals surface area contributed by atoms with Gasteiger partial charge in [0.1, 0.15) is 0 Å². The first kappa shape index (κ1) is 15.6. The summed E-state index contributed by atoms with van der Waals surface area (Å²) >= 11 is 5.84. The number of carbonyl (C=O) groups excluding carboxylic acids is 1. The second-order valence-electron chi connectivity index (χ2n) is 5.19. The van der Waals surface area contributed by atoms with E-state index in [1.54, 1.807) is 12.1 Å². The van der Waals surface area contributed by atoms with Gasteiger partial charge < -0.3 is 5.32 Å². The summed E-state index contributed by atoms with van der Waals surface area (Å²) in [7, 11) is 0. The summed E-state index contributed by atoms with van der Waals surface area (Å²) in [4.78, 5) is 12.1. The molecule has 1 N–H and O–H groups in total. The number of benzene rings is 2. The Hall–Kier alpha value is -1.80. The zero-order valence-corrected chi connectivity index (χ0v) is 13.2. The zero-order chi connectivity index (χ0) is 15.2. The standard InChI is InChI=1S/C18H20ClNO/c1-3-14-4-8-16(9-5-14)13(2)20-18(21)12-15-6-10-17(19)11-7-15/h4-11,13H,3,12H2,1-2H3,(H,20,21)/t13-/m0/s1. The Kier molecular flexibility index (Phi) is 5.40. The molecule has 3 heteroatoms. The van der Waals surface area contributed by atoms with Gasteiger partial charge in [-0.15, -0.1) is 0 Å². The molecule has 0 fully saturated rings. The molecule has 2 rings (SSSR count). The Bertz CT molecular complexity index is 590. The minimum Gasteiger partial charge on any atom is -0.349 e. The molecule has 2 nitrogen and oxygen atoms in total. The van der Waals surface area contributed by atoms with Crippen LogP contribution in [0.5, 0.6) is 0 Å². The summed E-state index contributed by atoms with van der Waals surface area (Å²) in [5, 5.41) is 3.71. The average molecular weight is 302 g/mol. The second kappa shape index (κ2) is 7.28. The number of hydrogen-bond acceptors (Lipinski definition) is 1. The van der Waals surface area contributed by atoms with Crippen molar-refractivity contribution in [3.63, 3.8) is 0 Å². The van der Waals surface area contributed by atoms with E-state index in [0.717, 1.165) is 17.5 Å². The second-order valence-corrected chi connectivity index (χ2v) is 5.62. The van der Waals surface area contributed by atoms with E-state index in [2.05, 4.69) is 36.5 Å². The van der Waals surface area contributed by atoms with Crippen LogP contribution < -0.4 is 5.32 Å². The molecular weight excluding hydrogens is 282 g/mol. The number of nitrogens with one attached hydrogen (secondary N) is 1. The van der Waals surface area contributed by atoms with Gasteiger partial charge in [-0.2, -0.15) is 0 Å². The number of amides is 1. The van der Waals surface area contributed by atoms with Crippen LogP contribution in [0.15, 0.2) is 48.5 Å². The first-order valence-corrected chi connectivity index (χ1v) is 7.59. The van der Waals surface area contributed by atoms with Crippen molar-refractivity contribution in [3.05, 3.63) is 70.2 Å². The molecule has 110 valence electrons. The average Bonchev–Trinajstić information content (AvgIpc) is 2.49. The first-order valence-electron chi connectivity index (χ1n) is 7.21. The van der Waals surface area contributed by atoms with Crippen LogP contribution in [0.2, 0.25) is 5.02 Å². The normalized spacial score (nSPS) is 12.0. The van der Waals surface area contributed by atoms with Crippen LogP contribution in [-0.4, -0.2) is 5.91 Å². The Morgan fingerprint density at radius 2 is 1.62 bits per heavy atom. The molecule has 0 aliphatic carbocycles. The summed E-state index contributed by atoms with van der Waals surface area (Å²) in [6.45, 7) is 4.13. The highest BCUT2D eigenvalue weighted by Crippen LogP contribution is 2.15. The fourth-order valence-corrected chi connectivity index (χ4v) is 2.33. The molecule has 0 heterocycles. The first-order chi connectivity index (χ1) is 10.1. The van der Waals surface area contributed by atoms with Crippen LogP contribution >= 0.6 is 11.6 Å². The van der Waals surface area contributed by atoms with E-state index < -0.39 is 0 Å². The number of rotatable bonds is 5. The molecule has 0 radical (unpaired) electrons.